The molecule has 1 heterocycles. The summed E-state index contributed by atoms with van der Waals surface area (Å²) in [4.78, 5) is 13.7. The molecule has 0 aliphatic carbocycles. The number of amides is 1. The molecule has 3 rings (SSSR count). The zero-order chi connectivity index (χ0) is 19.2. The zero-order valence-corrected chi connectivity index (χ0v) is 16.5. The van der Waals surface area contributed by atoms with E-state index in [-0.39, 0.29) is 12.0 Å². The molecule has 5 nitrogen and oxygen atoms in total. The fourth-order valence-electron chi connectivity index (χ4n) is 3.03. The highest BCUT2D eigenvalue weighted by molar-refractivity contribution is 7.80. The van der Waals surface area contributed by atoms with Gasteiger partial charge in [-0.2, -0.15) is 0 Å². The van der Waals surface area contributed by atoms with E-state index in [4.69, 9.17) is 17.0 Å². The Morgan fingerprint density at radius 2 is 2.04 bits per heavy atom. The summed E-state index contributed by atoms with van der Waals surface area (Å²) in [7, 11) is 0. The molecular formula is C21H25N3O2S. The molecule has 0 bridgehead atoms. The molecule has 0 aromatic heterocycles. The lowest BCUT2D eigenvalue weighted by molar-refractivity contribution is -0.117. The molecule has 6 heteroatoms. The molecule has 1 aliphatic heterocycles. The van der Waals surface area contributed by atoms with Crippen molar-refractivity contribution in [2.45, 2.75) is 39.3 Å². The Kier molecular flexibility index (Phi) is 6.29. The van der Waals surface area contributed by atoms with Crippen LogP contribution in [-0.4, -0.2) is 23.7 Å². The van der Waals surface area contributed by atoms with E-state index in [1.54, 1.807) is 0 Å². The first-order valence-corrected chi connectivity index (χ1v) is 9.63. The normalized spacial score (nSPS) is 13.7. The lowest BCUT2D eigenvalue weighted by atomic mass is 10.2. The van der Waals surface area contributed by atoms with Gasteiger partial charge in [-0.1, -0.05) is 18.2 Å². The van der Waals surface area contributed by atoms with Gasteiger partial charge in [0.25, 0.3) is 0 Å². The van der Waals surface area contributed by atoms with E-state index in [0.717, 1.165) is 35.7 Å². The van der Waals surface area contributed by atoms with E-state index in [1.165, 1.54) is 0 Å². The van der Waals surface area contributed by atoms with Gasteiger partial charge in [-0.3, -0.25) is 4.79 Å². The van der Waals surface area contributed by atoms with Crippen LogP contribution in [0.1, 0.15) is 32.3 Å². The van der Waals surface area contributed by atoms with Crippen molar-refractivity contribution in [3.05, 3.63) is 54.1 Å². The van der Waals surface area contributed by atoms with E-state index < -0.39 is 0 Å². The van der Waals surface area contributed by atoms with Crippen LogP contribution in [0.15, 0.2) is 48.5 Å². The maximum atomic E-state index is 11.9. The van der Waals surface area contributed by atoms with Gasteiger partial charge in [0.05, 0.1) is 6.10 Å². The molecule has 27 heavy (non-hydrogen) atoms. The topological polar surface area (TPSA) is 53.6 Å². The Hall–Kier alpha value is -2.60. The monoisotopic (exact) mass is 383 g/mol. The third-order valence-corrected chi connectivity index (χ3v) is 4.46. The molecule has 1 amide bonds. The SMILES string of the molecule is CC(C)Oc1cccc(CNC(=S)Nc2cccc(N3CCCC3=O)c2)c1. The summed E-state index contributed by atoms with van der Waals surface area (Å²) in [6.45, 7) is 5.40. The second-order valence-electron chi connectivity index (χ2n) is 6.82. The molecule has 2 aromatic rings. The van der Waals surface area contributed by atoms with Crippen molar-refractivity contribution in [2.75, 3.05) is 16.8 Å². The summed E-state index contributed by atoms with van der Waals surface area (Å²) < 4.78 is 5.72. The Balaban J connectivity index is 1.56. The van der Waals surface area contributed by atoms with Crippen LogP contribution in [0, 0.1) is 0 Å². The Labute approximate surface area is 165 Å². The molecule has 1 fully saturated rings. The van der Waals surface area contributed by atoms with E-state index in [1.807, 2.05) is 67.3 Å². The highest BCUT2D eigenvalue weighted by atomic mass is 32.1. The summed E-state index contributed by atoms with van der Waals surface area (Å²) in [5.41, 5.74) is 2.86. The number of anilines is 2. The second kappa shape index (κ2) is 8.86. The van der Waals surface area contributed by atoms with Gasteiger partial charge in [0.15, 0.2) is 5.11 Å². The maximum absolute atomic E-state index is 11.9. The van der Waals surface area contributed by atoms with Crippen molar-refractivity contribution in [1.29, 1.82) is 0 Å². The van der Waals surface area contributed by atoms with Gasteiger partial charge in [-0.15, -0.1) is 0 Å². The predicted octanol–water partition coefficient (Wildman–Crippen LogP) is 4.09. The number of nitrogens with one attached hydrogen (secondary N) is 2. The zero-order valence-electron chi connectivity index (χ0n) is 15.7. The number of benzene rings is 2. The highest BCUT2D eigenvalue weighted by Gasteiger charge is 2.21. The highest BCUT2D eigenvalue weighted by Crippen LogP contribution is 2.24. The minimum Gasteiger partial charge on any atom is -0.491 e. The summed E-state index contributed by atoms with van der Waals surface area (Å²) in [6, 6.07) is 15.7. The van der Waals surface area contributed by atoms with Gasteiger partial charge in [0.2, 0.25) is 5.91 Å². The van der Waals surface area contributed by atoms with Crippen LogP contribution in [-0.2, 0) is 11.3 Å². The third kappa shape index (κ3) is 5.44. The average molecular weight is 384 g/mol. The molecular weight excluding hydrogens is 358 g/mol. The third-order valence-electron chi connectivity index (χ3n) is 4.21. The van der Waals surface area contributed by atoms with Gasteiger partial charge < -0.3 is 20.3 Å². The number of ether oxygens (including phenoxy) is 1. The number of carbonyl (C=O) groups excluding carboxylic acids is 1. The van der Waals surface area contributed by atoms with Crippen molar-refractivity contribution < 1.29 is 9.53 Å². The van der Waals surface area contributed by atoms with Crippen LogP contribution in [0.3, 0.4) is 0 Å². The minimum absolute atomic E-state index is 0.144. The van der Waals surface area contributed by atoms with Crippen molar-refractivity contribution in [1.82, 2.24) is 5.32 Å². The summed E-state index contributed by atoms with van der Waals surface area (Å²) in [6.07, 6.45) is 1.68. The summed E-state index contributed by atoms with van der Waals surface area (Å²) in [5, 5.41) is 6.94. The standard InChI is InChI=1S/C21H25N3O2S/c1-15(2)26-19-9-3-6-16(12-19)14-22-21(27)23-17-7-4-8-18(13-17)24-11-5-10-20(24)25/h3-4,6-9,12-13,15H,5,10-11,14H2,1-2H3,(H2,22,23,27). The Morgan fingerprint density at radius 3 is 2.78 bits per heavy atom. The van der Waals surface area contributed by atoms with Gasteiger partial charge >= 0.3 is 0 Å². The van der Waals surface area contributed by atoms with E-state index in [0.29, 0.717) is 18.1 Å². The predicted molar refractivity (Wildman–Crippen MR) is 113 cm³/mol. The number of carbonyl (C=O) groups is 1. The lowest BCUT2D eigenvalue weighted by Gasteiger charge is -2.17. The molecule has 2 N–H and O–H groups in total. The van der Waals surface area contributed by atoms with E-state index in [9.17, 15) is 4.79 Å². The molecule has 0 spiro atoms. The van der Waals surface area contributed by atoms with Crippen molar-refractivity contribution in [2.24, 2.45) is 0 Å². The van der Waals surface area contributed by atoms with Crippen LogP contribution in [0.2, 0.25) is 0 Å². The van der Waals surface area contributed by atoms with Crippen LogP contribution < -0.4 is 20.3 Å². The summed E-state index contributed by atoms with van der Waals surface area (Å²) >= 11 is 5.41. The van der Waals surface area contributed by atoms with Crippen LogP contribution in [0.4, 0.5) is 11.4 Å². The van der Waals surface area contributed by atoms with Gasteiger partial charge in [-0.05, 0) is 68.4 Å². The molecule has 0 unspecified atom stereocenters. The van der Waals surface area contributed by atoms with Gasteiger partial charge in [0, 0.05) is 30.9 Å². The molecule has 1 aliphatic rings. The first-order chi connectivity index (χ1) is 13.0. The molecule has 142 valence electrons. The Morgan fingerprint density at radius 1 is 1.22 bits per heavy atom. The first-order valence-electron chi connectivity index (χ1n) is 9.22. The van der Waals surface area contributed by atoms with Crippen molar-refractivity contribution >= 4 is 34.6 Å². The molecule has 2 aromatic carbocycles. The smallest absolute Gasteiger partial charge is 0.227 e. The number of hydrogen-bond donors (Lipinski definition) is 2. The summed E-state index contributed by atoms with van der Waals surface area (Å²) in [5.74, 6) is 1.03. The first kappa shape index (κ1) is 19.2. The molecule has 1 saturated heterocycles. The van der Waals surface area contributed by atoms with Crippen LogP contribution in [0.25, 0.3) is 0 Å². The van der Waals surface area contributed by atoms with E-state index in [2.05, 4.69) is 10.6 Å². The molecule has 0 atom stereocenters. The fraction of sp³-hybridized carbons (Fsp3) is 0.333. The number of rotatable bonds is 6. The van der Waals surface area contributed by atoms with E-state index >= 15 is 0 Å². The largest absolute Gasteiger partial charge is 0.491 e. The fourth-order valence-corrected chi connectivity index (χ4v) is 3.22. The van der Waals surface area contributed by atoms with Gasteiger partial charge in [0.1, 0.15) is 5.75 Å². The average Bonchev–Trinajstić information content (AvgIpc) is 3.06. The number of hydrogen-bond acceptors (Lipinski definition) is 3. The molecule has 0 saturated carbocycles. The van der Waals surface area contributed by atoms with Crippen LogP contribution in [0.5, 0.6) is 5.75 Å². The van der Waals surface area contributed by atoms with Crippen molar-refractivity contribution in [3.63, 3.8) is 0 Å². The maximum Gasteiger partial charge on any atom is 0.227 e. The Bertz CT molecular complexity index is 823. The van der Waals surface area contributed by atoms with Crippen LogP contribution >= 0.6 is 12.2 Å². The van der Waals surface area contributed by atoms with Gasteiger partial charge in [-0.25, -0.2) is 0 Å². The second-order valence-corrected chi connectivity index (χ2v) is 7.23. The minimum atomic E-state index is 0.144. The van der Waals surface area contributed by atoms with Crippen molar-refractivity contribution in [3.8, 4) is 5.75 Å². The number of nitrogens with zero attached hydrogens (tertiary/aromatic N) is 1. The quantitative estimate of drug-likeness (QED) is 0.736. The number of thiocarbonyl (C=S) groups is 1. The lowest BCUT2D eigenvalue weighted by Crippen LogP contribution is -2.28. The molecule has 0 radical (unpaired) electrons.